The molecule has 3 heterocycles. The molecule has 1 aromatic heterocycles. The number of ether oxygens (including phenoxy) is 2. The maximum atomic E-state index is 12.1. The van der Waals surface area contributed by atoms with Crippen molar-refractivity contribution in [2.45, 2.75) is 58.0 Å². The van der Waals surface area contributed by atoms with Gasteiger partial charge in [0, 0.05) is 30.7 Å². The van der Waals surface area contributed by atoms with Crippen molar-refractivity contribution in [2.24, 2.45) is 5.92 Å². The molecule has 2 aliphatic rings. The van der Waals surface area contributed by atoms with Gasteiger partial charge in [-0.25, -0.2) is 4.79 Å². The van der Waals surface area contributed by atoms with Gasteiger partial charge in [-0.15, -0.1) is 0 Å². The molecule has 6 heteroatoms. The number of fused-ring (bicyclic) bond motifs is 2. The van der Waals surface area contributed by atoms with Crippen molar-refractivity contribution in [3.05, 3.63) is 32.6 Å². The molecule has 1 unspecified atom stereocenters. The summed E-state index contributed by atoms with van der Waals surface area (Å²) < 4.78 is 13.7. The number of rotatable bonds is 3. The van der Waals surface area contributed by atoms with E-state index in [2.05, 4.69) is 18.8 Å². The van der Waals surface area contributed by atoms with E-state index in [0.717, 1.165) is 19.3 Å². The van der Waals surface area contributed by atoms with Gasteiger partial charge in [-0.2, -0.15) is 0 Å². The van der Waals surface area contributed by atoms with E-state index in [1.54, 1.807) is 13.1 Å². The molecular weight excluding hydrogens is 272 g/mol. The largest absolute Gasteiger partial charge is 0.373 e. The Balaban J connectivity index is 2.07. The summed E-state index contributed by atoms with van der Waals surface area (Å²) in [6, 6.07) is 0. The van der Waals surface area contributed by atoms with E-state index in [4.69, 9.17) is 9.47 Å². The first-order valence-corrected chi connectivity index (χ1v) is 7.64. The molecule has 1 N–H and O–H groups in total. The maximum Gasteiger partial charge on any atom is 0.330 e. The number of nitrogens with zero attached hydrogens (tertiary/aromatic N) is 1. The third kappa shape index (κ3) is 2.08. The van der Waals surface area contributed by atoms with E-state index in [9.17, 15) is 9.59 Å². The minimum atomic E-state index is -0.458. The van der Waals surface area contributed by atoms with Crippen molar-refractivity contribution in [1.29, 1.82) is 0 Å². The molecule has 0 spiro atoms. The number of hydrogen-bond donors (Lipinski definition) is 1. The van der Waals surface area contributed by atoms with Crippen molar-refractivity contribution in [3.8, 4) is 0 Å². The molecule has 2 saturated heterocycles. The quantitative estimate of drug-likeness (QED) is 0.913. The molecule has 1 aromatic rings. The van der Waals surface area contributed by atoms with E-state index in [0.29, 0.717) is 12.2 Å². The highest BCUT2D eigenvalue weighted by molar-refractivity contribution is 5.06. The first kappa shape index (κ1) is 14.5. The molecule has 0 saturated carbocycles. The van der Waals surface area contributed by atoms with Crippen LogP contribution in [0.5, 0.6) is 0 Å². The number of aryl methyl sites for hydroxylation is 1. The second-order valence-corrected chi connectivity index (χ2v) is 6.01. The molecule has 21 heavy (non-hydrogen) atoms. The lowest BCUT2D eigenvalue weighted by Crippen LogP contribution is -2.44. The molecule has 0 radical (unpaired) electrons. The Kier molecular flexibility index (Phi) is 3.53. The Bertz CT molecular complexity index is 650. The lowest BCUT2D eigenvalue weighted by molar-refractivity contribution is -0.0918. The minimum Gasteiger partial charge on any atom is -0.373 e. The third-order valence-corrected chi connectivity index (χ3v) is 5.00. The van der Waals surface area contributed by atoms with Gasteiger partial charge in [0.05, 0.1) is 5.60 Å². The molecule has 6 nitrogen and oxygen atoms in total. The average Bonchev–Trinajstić information content (AvgIpc) is 2.65. The van der Waals surface area contributed by atoms with Crippen molar-refractivity contribution < 1.29 is 9.47 Å². The zero-order valence-corrected chi connectivity index (χ0v) is 12.7. The molecule has 0 aromatic carbocycles. The SMILES string of the molecule is CCC1[C@@H]2OCC[C@@]1(CC)O[C@H]2n1cc(C)c(=O)[nH]c1=O. The molecule has 2 aliphatic heterocycles. The van der Waals surface area contributed by atoms with Gasteiger partial charge in [0.15, 0.2) is 6.23 Å². The standard InChI is InChI=1S/C15H22N2O4/c1-4-10-11-13(21-15(10,5-2)6-7-20-11)17-8-9(3)12(18)16-14(17)19/h8,10-11,13H,4-7H2,1-3H3,(H,16,18,19)/t10?,11-,13+,15+/m0/s1. The lowest BCUT2D eigenvalue weighted by Gasteiger charge is -2.37. The van der Waals surface area contributed by atoms with Crippen LogP contribution in [-0.4, -0.2) is 27.9 Å². The molecule has 0 aliphatic carbocycles. The average molecular weight is 294 g/mol. The molecule has 3 rings (SSSR count). The Morgan fingerprint density at radius 3 is 2.81 bits per heavy atom. The Labute approximate surface area is 123 Å². The van der Waals surface area contributed by atoms with Gasteiger partial charge in [-0.05, 0) is 19.8 Å². The second-order valence-electron chi connectivity index (χ2n) is 6.01. The van der Waals surface area contributed by atoms with Crippen LogP contribution in [0.2, 0.25) is 0 Å². The van der Waals surface area contributed by atoms with Crippen LogP contribution in [0.15, 0.2) is 15.8 Å². The first-order valence-electron chi connectivity index (χ1n) is 7.64. The summed E-state index contributed by atoms with van der Waals surface area (Å²) in [6.45, 7) is 6.59. The smallest absolute Gasteiger partial charge is 0.330 e. The maximum absolute atomic E-state index is 12.1. The predicted octanol–water partition coefficient (Wildman–Crippen LogP) is 1.34. The molecule has 2 fully saturated rings. The minimum absolute atomic E-state index is 0.133. The van der Waals surface area contributed by atoms with Gasteiger partial charge in [-0.3, -0.25) is 14.3 Å². The summed E-state index contributed by atoms with van der Waals surface area (Å²) in [7, 11) is 0. The zero-order valence-electron chi connectivity index (χ0n) is 12.7. The molecule has 4 atom stereocenters. The van der Waals surface area contributed by atoms with Crippen LogP contribution in [0.1, 0.15) is 44.9 Å². The van der Waals surface area contributed by atoms with Crippen molar-refractivity contribution >= 4 is 0 Å². The topological polar surface area (TPSA) is 73.3 Å². The number of hydrogen-bond acceptors (Lipinski definition) is 4. The zero-order chi connectivity index (χ0) is 15.2. The van der Waals surface area contributed by atoms with Crippen LogP contribution >= 0.6 is 0 Å². The van der Waals surface area contributed by atoms with Crippen molar-refractivity contribution in [1.82, 2.24) is 9.55 Å². The van der Waals surface area contributed by atoms with Gasteiger partial charge < -0.3 is 9.47 Å². The summed E-state index contributed by atoms with van der Waals surface area (Å²) in [5.74, 6) is 0.278. The van der Waals surface area contributed by atoms with Crippen molar-refractivity contribution in [3.63, 3.8) is 0 Å². The van der Waals surface area contributed by atoms with E-state index in [-0.39, 0.29) is 23.2 Å². The van der Waals surface area contributed by atoms with Crippen molar-refractivity contribution in [2.75, 3.05) is 6.61 Å². The van der Waals surface area contributed by atoms with E-state index < -0.39 is 11.9 Å². The van der Waals surface area contributed by atoms with Crippen LogP contribution < -0.4 is 11.2 Å². The molecule has 0 amide bonds. The first-order chi connectivity index (χ1) is 10.0. The summed E-state index contributed by atoms with van der Waals surface area (Å²) in [5, 5.41) is 0. The van der Waals surface area contributed by atoms with E-state index in [1.165, 1.54) is 4.57 Å². The molecular formula is C15H22N2O4. The fraction of sp³-hybridized carbons (Fsp3) is 0.733. The van der Waals surface area contributed by atoms with Gasteiger partial charge in [-0.1, -0.05) is 13.8 Å². The van der Waals surface area contributed by atoms with Crippen LogP contribution in [0, 0.1) is 12.8 Å². The number of aromatic nitrogens is 2. The highest BCUT2D eigenvalue weighted by atomic mass is 16.6. The van der Waals surface area contributed by atoms with Crippen LogP contribution in [-0.2, 0) is 9.47 Å². The van der Waals surface area contributed by atoms with Crippen LogP contribution in [0.4, 0.5) is 0 Å². The van der Waals surface area contributed by atoms with Crippen LogP contribution in [0.25, 0.3) is 0 Å². The number of nitrogens with one attached hydrogen (secondary N) is 1. The fourth-order valence-electron chi connectivity index (χ4n) is 3.82. The Morgan fingerprint density at radius 1 is 1.43 bits per heavy atom. The highest BCUT2D eigenvalue weighted by Crippen LogP contribution is 2.51. The summed E-state index contributed by atoms with van der Waals surface area (Å²) in [4.78, 5) is 26.0. The van der Waals surface area contributed by atoms with Gasteiger partial charge in [0.1, 0.15) is 6.10 Å². The van der Waals surface area contributed by atoms with E-state index >= 15 is 0 Å². The van der Waals surface area contributed by atoms with Gasteiger partial charge >= 0.3 is 5.69 Å². The highest BCUT2D eigenvalue weighted by Gasteiger charge is 2.56. The van der Waals surface area contributed by atoms with Gasteiger partial charge in [0.2, 0.25) is 0 Å². The molecule has 116 valence electrons. The van der Waals surface area contributed by atoms with Crippen LogP contribution in [0.3, 0.4) is 0 Å². The number of aromatic amines is 1. The third-order valence-electron chi connectivity index (χ3n) is 5.00. The monoisotopic (exact) mass is 294 g/mol. The molecule has 2 bridgehead atoms. The summed E-state index contributed by atoms with van der Waals surface area (Å²) >= 11 is 0. The summed E-state index contributed by atoms with van der Waals surface area (Å²) in [6.07, 6.45) is 3.69. The Hall–Kier alpha value is -1.40. The number of H-pyrrole nitrogens is 1. The fourth-order valence-corrected chi connectivity index (χ4v) is 3.82. The Morgan fingerprint density at radius 2 is 2.19 bits per heavy atom. The summed E-state index contributed by atoms with van der Waals surface area (Å²) in [5.41, 5.74) is -0.507. The normalized spacial score (nSPS) is 35.1. The lowest BCUT2D eigenvalue weighted by atomic mass is 9.78. The van der Waals surface area contributed by atoms with Gasteiger partial charge in [0.25, 0.3) is 5.56 Å². The second kappa shape index (κ2) is 5.10. The predicted molar refractivity (Wildman–Crippen MR) is 77.3 cm³/mol. The van der Waals surface area contributed by atoms with E-state index in [1.807, 2.05) is 0 Å².